The van der Waals surface area contributed by atoms with Gasteiger partial charge in [-0.25, -0.2) is 5.48 Å². The van der Waals surface area contributed by atoms with E-state index < -0.39 is 5.91 Å². The molecule has 0 aliphatic carbocycles. The molecule has 2 fully saturated rings. The molecule has 136 valence electrons. The molecule has 5 heteroatoms. The normalized spacial score (nSPS) is 24.7. The van der Waals surface area contributed by atoms with Gasteiger partial charge in [-0.1, -0.05) is 24.3 Å². The number of hydrogen-bond acceptors (Lipinski definition) is 4. The third-order valence-corrected chi connectivity index (χ3v) is 5.38. The van der Waals surface area contributed by atoms with Crippen molar-refractivity contribution in [3.63, 3.8) is 0 Å². The molecular formula is C20H28N2O3. The highest BCUT2D eigenvalue weighted by molar-refractivity contribution is 5.90. The molecule has 2 saturated heterocycles. The molecule has 0 bridgehead atoms. The molecule has 2 aliphatic heterocycles. The summed E-state index contributed by atoms with van der Waals surface area (Å²) >= 11 is 0. The van der Waals surface area contributed by atoms with Crippen LogP contribution in [0.4, 0.5) is 0 Å². The Morgan fingerprint density at radius 3 is 2.64 bits per heavy atom. The SMILES string of the molecule is O=C(/C=C/c1ccc(C2CCC(CCC3CCOCC3)N2)cc1)NO. The second-order valence-electron chi connectivity index (χ2n) is 7.10. The zero-order valence-corrected chi connectivity index (χ0v) is 14.6. The average Bonchev–Trinajstić information content (AvgIpc) is 3.14. The van der Waals surface area contributed by atoms with Gasteiger partial charge in [-0.2, -0.15) is 0 Å². The maximum Gasteiger partial charge on any atom is 0.267 e. The molecule has 0 aromatic heterocycles. The summed E-state index contributed by atoms with van der Waals surface area (Å²) < 4.78 is 5.44. The molecule has 25 heavy (non-hydrogen) atoms. The van der Waals surface area contributed by atoms with Crippen LogP contribution in [0.3, 0.4) is 0 Å². The van der Waals surface area contributed by atoms with Crippen LogP contribution in [0.15, 0.2) is 30.3 Å². The van der Waals surface area contributed by atoms with Crippen LogP contribution in [0, 0.1) is 5.92 Å². The lowest BCUT2D eigenvalue weighted by atomic mass is 9.92. The highest BCUT2D eigenvalue weighted by atomic mass is 16.5. The first-order valence-corrected chi connectivity index (χ1v) is 9.30. The third-order valence-electron chi connectivity index (χ3n) is 5.38. The first-order chi connectivity index (χ1) is 12.2. The molecule has 5 nitrogen and oxygen atoms in total. The summed E-state index contributed by atoms with van der Waals surface area (Å²) in [6.45, 7) is 1.87. The van der Waals surface area contributed by atoms with Crippen molar-refractivity contribution in [1.29, 1.82) is 0 Å². The summed E-state index contributed by atoms with van der Waals surface area (Å²) in [7, 11) is 0. The van der Waals surface area contributed by atoms with Crippen LogP contribution in [0.1, 0.15) is 55.7 Å². The zero-order chi connectivity index (χ0) is 17.5. The summed E-state index contributed by atoms with van der Waals surface area (Å²) in [5.41, 5.74) is 3.84. The van der Waals surface area contributed by atoms with Crippen LogP contribution in [-0.2, 0) is 9.53 Å². The van der Waals surface area contributed by atoms with Crippen molar-refractivity contribution in [3.8, 4) is 0 Å². The van der Waals surface area contributed by atoms with Crippen molar-refractivity contribution in [2.24, 2.45) is 5.92 Å². The average molecular weight is 344 g/mol. The predicted molar refractivity (Wildman–Crippen MR) is 97.1 cm³/mol. The number of hydrogen-bond donors (Lipinski definition) is 3. The Morgan fingerprint density at radius 2 is 1.92 bits per heavy atom. The molecule has 1 aromatic carbocycles. The third kappa shape index (κ3) is 5.39. The highest BCUT2D eigenvalue weighted by Gasteiger charge is 2.25. The zero-order valence-electron chi connectivity index (χ0n) is 14.6. The lowest BCUT2D eigenvalue weighted by Gasteiger charge is -2.23. The maximum atomic E-state index is 11.0. The molecule has 0 spiro atoms. The van der Waals surface area contributed by atoms with Crippen LogP contribution in [0.2, 0.25) is 0 Å². The van der Waals surface area contributed by atoms with Crippen LogP contribution in [0.25, 0.3) is 6.08 Å². The van der Waals surface area contributed by atoms with Crippen molar-refractivity contribution in [2.45, 2.75) is 50.6 Å². The summed E-state index contributed by atoms with van der Waals surface area (Å²) in [5.74, 6) is 0.325. The highest BCUT2D eigenvalue weighted by Crippen LogP contribution is 2.30. The summed E-state index contributed by atoms with van der Waals surface area (Å²) in [6, 6.07) is 9.31. The topological polar surface area (TPSA) is 70.6 Å². The number of hydroxylamine groups is 1. The molecule has 2 atom stereocenters. The molecule has 1 amide bonds. The summed E-state index contributed by atoms with van der Waals surface area (Å²) in [5, 5.41) is 12.3. The summed E-state index contributed by atoms with van der Waals surface area (Å²) in [6.07, 6.45) is 10.4. The molecule has 0 saturated carbocycles. The predicted octanol–water partition coefficient (Wildman–Crippen LogP) is 3.21. The second-order valence-corrected chi connectivity index (χ2v) is 7.10. The van der Waals surface area contributed by atoms with Gasteiger partial charge in [-0.3, -0.25) is 10.0 Å². The Kier molecular flexibility index (Phi) is 6.62. The van der Waals surface area contributed by atoms with Gasteiger partial charge in [0, 0.05) is 31.4 Å². The minimum absolute atomic E-state index is 0.429. The first kappa shape index (κ1) is 18.1. The van der Waals surface area contributed by atoms with E-state index in [1.165, 1.54) is 50.2 Å². The Labute approximate surface area is 149 Å². The van der Waals surface area contributed by atoms with E-state index in [0.717, 1.165) is 24.7 Å². The van der Waals surface area contributed by atoms with E-state index in [1.807, 2.05) is 12.1 Å². The van der Waals surface area contributed by atoms with Crippen LogP contribution in [0.5, 0.6) is 0 Å². The van der Waals surface area contributed by atoms with Gasteiger partial charge in [0.15, 0.2) is 0 Å². The van der Waals surface area contributed by atoms with Crippen molar-refractivity contribution in [2.75, 3.05) is 13.2 Å². The maximum absolute atomic E-state index is 11.0. The van der Waals surface area contributed by atoms with Gasteiger partial charge in [0.2, 0.25) is 0 Å². The van der Waals surface area contributed by atoms with Gasteiger partial charge in [-0.05, 0) is 61.6 Å². The second kappa shape index (κ2) is 9.13. The number of benzene rings is 1. The van der Waals surface area contributed by atoms with E-state index in [2.05, 4.69) is 17.4 Å². The van der Waals surface area contributed by atoms with Crippen LogP contribution < -0.4 is 10.8 Å². The Bertz CT molecular complexity index is 579. The lowest BCUT2D eigenvalue weighted by molar-refractivity contribution is -0.124. The van der Waals surface area contributed by atoms with E-state index in [-0.39, 0.29) is 0 Å². The minimum atomic E-state index is -0.520. The van der Waals surface area contributed by atoms with E-state index in [1.54, 1.807) is 11.6 Å². The number of rotatable bonds is 6. The molecule has 0 radical (unpaired) electrons. The molecular weight excluding hydrogens is 316 g/mol. The first-order valence-electron chi connectivity index (χ1n) is 9.30. The largest absolute Gasteiger partial charge is 0.381 e. The number of carbonyl (C=O) groups is 1. The lowest BCUT2D eigenvalue weighted by Crippen LogP contribution is -2.25. The van der Waals surface area contributed by atoms with E-state index >= 15 is 0 Å². The molecule has 2 heterocycles. The Morgan fingerprint density at radius 1 is 1.16 bits per heavy atom. The van der Waals surface area contributed by atoms with Gasteiger partial charge in [0.1, 0.15) is 0 Å². The van der Waals surface area contributed by atoms with Gasteiger partial charge in [0.05, 0.1) is 0 Å². The van der Waals surface area contributed by atoms with E-state index in [9.17, 15) is 4.79 Å². The number of carbonyl (C=O) groups excluding carboxylic acids is 1. The summed E-state index contributed by atoms with van der Waals surface area (Å²) in [4.78, 5) is 11.0. The van der Waals surface area contributed by atoms with Gasteiger partial charge < -0.3 is 10.1 Å². The fraction of sp³-hybridized carbons (Fsp3) is 0.550. The molecule has 3 rings (SSSR count). The van der Waals surface area contributed by atoms with E-state index in [4.69, 9.17) is 9.94 Å². The molecule has 1 aromatic rings. The number of amides is 1. The van der Waals surface area contributed by atoms with Gasteiger partial charge in [-0.15, -0.1) is 0 Å². The molecule has 2 unspecified atom stereocenters. The number of nitrogens with one attached hydrogen (secondary N) is 2. The quantitative estimate of drug-likeness (QED) is 0.421. The Hall–Kier alpha value is -1.69. The molecule has 2 aliphatic rings. The van der Waals surface area contributed by atoms with Crippen molar-refractivity contribution in [3.05, 3.63) is 41.5 Å². The van der Waals surface area contributed by atoms with Gasteiger partial charge >= 0.3 is 0 Å². The standard InChI is InChI=1S/C20H28N2O3/c23-20(22-24)10-4-15-1-5-17(6-2-15)19-9-8-18(21-19)7-3-16-11-13-25-14-12-16/h1-2,4-6,10,16,18-19,21,24H,3,7-9,11-14H2,(H,22,23)/b10-4+. The van der Waals surface area contributed by atoms with Crippen molar-refractivity contribution in [1.82, 2.24) is 10.8 Å². The number of ether oxygens (including phenoxy) is 1. The van der Waals surface area contributed by atoms with Crippen molar-refractivity contribution < 1.29 is 14.7 Å². The van der Waals surface area contributed by atoms with E-state index in [0.29, 0.717) is 12.1 Å². The van der Waals surface area contributed by atoms with Gasteiger partial charge in [0.25, 0.3) is 5.91 Å². The monoisotopic (exact) mass is 344 g/mol. The smallest absolute Gasteiger partial charge is 0.267 e. The molecule has 3 N–H and O–H groups in total. The fourth-order valence-electron chi connectivity index (χ4n) is 3.83. The fourth-order valence-corrected chi connectivity index (χ4v) is 3.83. The van der Waals surface area contributed by atoms with Crippen LogP contribution in [-0.4, -0.2) is 30.4 Å². The minimum Gasteiger partial charge on any atom is -0.381 e. The van der Waals surface area contributed by atoms with Crippen LogP contribution >= 0.6 is 0 Å². The van der Waals surface area contributed by atoms with Crippen molar-refractivity contribution >= 4 is 12.0 Å². The Balaban J connectivity index is 1.46.